The third kappa shape index (κ3) is 5.04. The summed E-state index contributed by atoms with van der Waals surface area (Å²) < 4.78 is 5.04. The molecule has 3 rings (SSSR count). The van der Waals surface area contributed by atoms with E-state index in [-0.39, 0.29) is 12.0 Å². The summed E-state index contributed by atoms with van der Waals surface area (Å²) in [5, 5.41) is 0. The van der Waals surface area contributed by atoms with E-state index in [0.717, 1.165) is 16.2 Å². The van der Waals surface area contributed by atoms with E-state index in [9.17, 15) is 9.59 Å². The standard InChI is InChI=1S/C21H24N2O3S/c1-2-26-21(25)23-14-12-22(13-15-23)20(24)18-10-6-7-11-19(18)27-16-17-8-4-3-5-9-17/h3-11H,2,12-16H2,1H3. The normalized spacial score (nSPS) is 14.1. The molecule has 142 valence electrons. The van der Waals surface area contributed by atoms with Gasteiger partial charge in [-0.1, -0.05) is 42.5 Å². The summed E-state index contributed by atoms with van der Waals surface area (Å²) in [7, 11) is 0. The highest BCUT2D eigenvalue weighted by Gasteiger charge is 2.26. The minimum Gasteiger partial charge on any atom is -0.450 e. The average molecular weight is 385 g/mol. The van der Waals surface area contributed by atoms with Gasteiger partial charge in [0.15, 0.2) is 0 Å². The predicted molar refractivity (Wildman–Crippen MR) is 107 cm³/mol. The van der Waals surface area contributed by atoms with Gasteiger partial charge >= 0.3 is 6.09 Å². The molecule has 1 saturated heterocycles. The van der Waals surface area contributed by atoms with Crippen LogP contribution >= 0.6 is 11.8 Å². The summed E-state index contributed by atoms with van der Waals surface area (Å²) in [6.07, 6.45) is -0.302. The van der Waals surface area contributed by atoms with Crippen LogP contribution in [0.2, 0.25) is 0 Å². The van der Waals surface area contributed by atoms with Crippen molar-refractivity contribution in [2.75, 3.05) is 32.8 Å². The van der Waals surface area contributed by atoms with Gasteiger partial charge < -0.3 is 14.5 Å². The Bertz CT molecular complexity index is 774. The van der Waals surface area contributed by atoms with Gasteiger partial charge in [0.25, 0.3) is 5.91 Å². The number of hydrogen-bond donors (Lipinski definition) is 0. The molecule has 5 nitrogen and oxygen atoms in total. The lowest BCUT2D eigenvalue weighted by Gasteiger charge is -2.34. The third-order valence-electron chi connectivity index (χ3n) is 4.45. The Labute approximate surface area is 164 Å². The van der Waals surface area contributed by atoms with Crippen LogP contribution in [0, 0.1) is 0 Å². The summed E-state index contributed by atoms with van der Waals surface area (Å²) in [4.78, 5) is 29.3. The monoisotopic (exact) mass is 384 g/mol. The first kappa shape index (κ1) is 19.3. The summed E-state index contributed by atoms with van der Waals surface area (Å²) >= 11 is 1.67. The quantitative estimate of drug-likeness (QED) is 0.734. The number of amides is 2. The Morgan fingerprint density at radius 1 is 0.926 bits per heavy atom. The van der Waals surface area contributed by atoms with E-state index < -0.39 is 0 Å². The van der Waals surface area contributed by atoms with Crippen LogP contribution in [0.25, 0.3) is 0 Å². The molecular weight excluding hydrogens is 360 g/mol. The van der Waals surface area contributed by atoms with E-state index in [1.807, 2.05) is 47.4 Å². The van der Waals surface area contributed by atoms with Crippen LogP contribution in [0.5, 0.6) is 0 Å². The Morgan fingerprint density at radius 2 is 1.56 bits per heavy atom. The number of carbonyl (C=O) groups is 2. The average Bonchev–Trinajstić information content (AvgIpc) is 2.73. The van der Waals surface area contributed by atoms with E-state index in [1.54, 1.807) is 23.6 Å². The molecule has 0 aromatic heterocycles. The zero-order valence-electron chi connectivity index (χ0n) is 15.5. The zero-order chi connectivity index (χ0) is 19.1. The number of ether oxygens (including phenoxy) is 1. The van der Waals surface area contributed by atoms with Crippen LogP contribution < -0.4 is 0 Å². The first-order valence-corrected chi connectivity index (χ1v) is 10.1. The molecule has 6 heteroatoms. The van der Waals surface area contributed by atoms with E-state index in [4.69, 9.17) is 4.74 Å². The number of piperazine rings is 1. The second kappa shape index (κ2) is 9.46. The minimum atomic E-state index is -0.302. The largest absolute Gasteiger partial charge is 0.450 e. The zero-order valence-corrected chi connectivity index (χ0v) is 16.3. The van der Waals surface area contributed by atoms with Gasteiger partial charge in [0.2, 0.25) is 0 Å². The maximum Gasteiger partial charge on any atom is 0.409 e. The van der Waals surface area contributed by atoms with Crippen molar-refractivity contribution in [3.8, 4) is 0 Å². The van der Waals surface area contributed by atoms with Gasteiger partial charge in [-0.15, -0.1) is 11.8 Å². The maximum absolute atomic E-state index is 13.0. The molecule has 0 atom stereocenters. The van der Waals surface area contributed by atoms with Gasteiger partial charge in [-0.3, -0.25) is 4.79 Å². The van der Waals surface area contributed by atoms with Crippen molar-refractivity contribution in [1.29, 1.82) is 0 Å². The van der Waals surface area contributed by atoms with Gasteiger partial charge in [0.1, 0.15) is 0 Å². The molecule has 0 unspecified atom stereocenters. The molecule has 0 saturated carbocycles. The van der Waals surface area contributed by atoms with E-state index >= 15 is 0 Å². The van der Waals surface area contributed by atoms with E-state index in [0.29, 0.717) is 32.8 Å². The lowest BCUT2D eigenvalue weighted by molar-refractivity contribution is 0.0568. The van der Waals surface area contributed by atoms with Crippen LogP contribution in [-0.4, -0.2) is 54.6 Å². The molecule has 1 fully saturated rings. The molecule has 27 heavy (non-hydrogen) atoms. The van der Waals surface area contributed by atoms with E-state index in [1.165, 1.54) is 5.56 Å². The molecule has 0 radical (unpaired) electrons. The lowest BCUT2D eigenvalue weighted by atomic mass is 10.2. The molecule has 1 aliphatic heterocycles. The maximum atomic E-state index is 13.0. The third-order valence-corrected chi connectivity index (χ3v) is 5.59. The highest BCUT2D eigenvalue weighted by molar-refractivity contribution is 7.98. The molecule has 2 aromatic carbocycles. The molecule has 0 bridgehead atoms. The van der Waals surface area contributed by atoms with Crippen molar-refractivity contribution in [2.45, 2.75) is 17.6 Å². The van der Waals surface area contributed by atoms with Crippen molar-refractivity contribution >= 4 is 23.8 Å². The number of nitrogens with zero attached hydrogens (tertiary/aromatic N) is 2. The fraction of sp³-hybridized carbons (Fsp3) is 0.333. The van der Waals surface area contributed by atoms with Gasteiger partial charge in [0.05, 0.1) is 12.2 Å². The molecular formula is C21H24N2O3S. The summed E-state index contributed by atoms with van der Waals surface area (Å²) in [5.41, 5.74) is 1.95. The van der Waals surface area contributed by atoms with Gasteiger partial charge in [0, 0.05) is 36.8 Å². The smallest absolute Gasteiger partial charge is 0.409 e. The Kier molecular flexibility index (Phi) is 6.76. The Morgan fingerprint density at radius 3 is 2.26 bits per heavy atom. The Balaban J connectivity index is 1.63. The Hall–Kier alpha value is -2.47. The van der Waals surface area contributed by atoms with Gasteiger partial charge in [-0.05, 0) is 24.6 Å². The van der Waals surface area contributed by atoms with E-state index in [2.05, 4.69) is 12.1 Å². The summed E-state index contributed by atoms with van der Waals surface area (Å²) in [5.74, 6) is 0.844. The molecule has 2 amide bonds. The number of carbonyl (C=O) groups excluding carboxylic acids is 2. The van der Waals surface area contributed by atoms with Crippen molar-refractivity contribution in [3.63, 3.8) is 0 Å². The molecule has 1 heterocycles. The number of hydrogen-bond acceptors (Lipinski definition) is 4. The SMILES string of the molecule is CCOC(=O)N1CCN(C(=O)c2ccccc2SCc2ccccc2)CC1. The highest BCUT2D eigenvalue weighted by atomic mass is 32.2. The first-order chi connectivity index (χ1) is 13.2. The van der Waals surface area contributed by atoms with Gasteiger partial charge in [-0.25, -0.2) is 4.79 Å². The van der Waals surface area contributed by atoms with Crippen molar-refractivity contribution in [2.24, 2.45) is 0 Å². The summed E-state index contributed by atoms with van der Waals surface area (Å²) in [6, 6.07) is 18.0. The predicted octanol–water partition coefficient (Wildman–Crippen LogP) is 3.89. The van der Waals surface area contributed by atoms with Gasteiger partial charge in [-0.2, -0.15) is 0 Å². The summed E-state index contributed by atoms with van der Waals surface area (Å²) in [6.45, 7) is 4.21. The molecule has 2 aromatic rings. The molecule has 1 aliphatic rings. The molecule has 0 aliphatic carbocycles. The fourth-order valence-corrected chi connectivity index (χ4v) is 3.98. The first-order valence-electron chi connectivity index (χ1n) is 9.15. The molecule has 0 spiro atoms. The highest BCUT2D eigenvalue weighted by Crippen LogP contribution is 2.27. The van der Waals surface area contributed by atoms with Crippen molar-refractivity contribution in [1.82, 2.24) is 9.80 Å². The fourth-order valence-electron chi connectivity index (χ4n) is 2.98. The number of rotatable bonds is 5. The van der Waals surface area contributed by atoms with Crippen LogP contribution in [0.4, 0.5) is 4.79 Å². The lowest BCUT2D eigenvalue weighted by Crippen LogP contribution is -2.50. The molecule has 0 N–H and O–H groups in total. The minimum absolute atomic E-state index is 0.0228. The van der Waals surface area contributed by atoms with Crippen LogP contribution in [0.15, 0.2) is 59.5 Å². The topological polar surface area (TPSA) is 49.9 Å². The number of benzene rings is 2. The number of thioether (sulfide) groups is 1. The van der Waals surface area contributed by atoms with Crippen LogP contribution in [-0.2, 0) is 10.5 Å². The van der Waals surface area contributed by atoms with Crippen molar-refractivity contribution in [3.05, 3.63) is 65.7 Å². The second-order valence-corrected chi connectivity index (χ2v) is 7.27. The second-order valence-electron chi connectivity index (χ2n) is 6.25. The van der Waals surface area contributed by atoms with Crippen LogP contribution in [0.1, 0.15) is 22.8 Å². The van der Waals surface area contributed by atoms with Crippen molar-refractivity contribution < 1.29 is 14.3 Å². The van der Waals surface area contributed by atoms with Crippen LogP contribution in [0.3, 0.4) is 0 Å².